The largest absolute Gasteiger partial charge is 0.481 e. The topological polar surface area (TPSA) is 48.1 Å². The number of pyridine rings is 1. The van der Waals surface area contributed by atoms with Crippen LogP contribution in [0.2, 0.25) is 0 Å². The van der Waals surface area contributed by atoms with E-state index in [1.165, 1.54) is 0 Å². The predicted molar refractivity (Wildman–Crippen MR) is 57.6 cm³/mol. The fourth-order valence-corrected chi connectivity index (χ4v) is 1.26. The third-order valence-corrected chi connectivity index (χ3v) is 2.52. The minimum Gasteiger partial charge on any atom is -0.481 e. The van der Waals surface area contributed by atoms with Gasteiger partial charge in [0.25, 0.3) is 0 Å². The number of aryl methyl sites for hydroxylation is 1. The first-order chi connectivity index (χ1) is 6.51. The molecule has 0 atom stereocenters. The zero-order valence-corrected chi connectivity index (χ0v) is 9.29. The number of rotatable bonds is 3. The number of aromatic nitrogens is 1. The van der Waals surface area contributed by atoms with Gasteiger partial charge in [-0.25, -0.2) is 4.98 Å². The lowest BCUT2D eigenvalue weighted by Crippen LogP contribution is -2.28. The van der Waals surface area contributed by atoms with E-state index in [-0.39, 0.29) is 5.41 Å². The van der Waals surface area contributed by atoms with Crippen LogP contribution in [0, 0.1) is 6.92 Å². The van der Waals surface area contributed by atoms with E-state index in [0.29, 0.717) is 12.4 Å². The van der Waals surface area contributed by atoms with E-state index >= 15 is 0 Å². The van der Waals surface area contributed by atoms with Crippen LogP contribution in [-0.2, 0) is 5.41 Å². The van der Waals surface area contributed by atoms with Crippen LogP contribution in [0.15, 0.2) is 12.3 Å². The molecule has 0 aromatic carbocycles. The summed E-state index contributed by atoms with van der Waals surface area (Å²) in [5.41, 5.74) is 7.88. The number of nitrogens with two attached hydrogens (primary N) is 1. The number of hydrogen-bond donors (Lipinski definition) is 1. The van der Waals surface area contributed by atoms with Crippen molar-refractivity contribution in [3.63, 3.8) is 0 Å². The average molecular weight is 194 g/mol. The molecule has 0 spiro atoms. The maximum Gasteiger partial charge on any atom is 0.215 e. The summed E-state index contributed by atoms with van der Waals surface area (Å²) in [7, 11) is 1.63. The average Bonchev–Trinajstić information content (AvgIpc) is 2.17. The fourth-order valence-electron chi connectivity index (χ4n) is 1.26. The van der Waals surface area contributed by atoms with Crippen molar-refractivity contribution in [2.24, 2.45) is 5.73 Å². The van der Waals surface area contributed by atoms with Crippen LogP contribution >= 0.6 is 0 Å². The van der Waals surface area contributed by atoms with Gasteiger partial charge < -0.3 is 10.5 Å². The van der Waals surface area contributed by atoms with E-state index in [0.717, 1.165) is 11.1 Å². The van der Waals surface area contributed by atoms with Crippen molar-refractivity contribution in [2.75, 3.05) is 13.7 Å². The Bertz CT molecular complexity index is 321. The van der Waals surface area contributed by atoms with Gasteiger partial charge >= 0.3 is 0 Å². The molecular weight excluding hydrogens is 176 g/mol. The number of methoxy groups -OCH3 is 1. The lowest BCUT2D eigenvalue weighted by molar-refractivity contribution is 0.393. The van der Waals surface area contributed by atoms with Crippen molar-refractivity contribution >= 4 is 0 Å². The predicted octanol–water partition coefficient (Wildman–Crippen LogP) is 1.63. The molecule has 1 heterocycles. The normalized spacial score (nSPS) is 11.5. The second-order valence-corrected chi connectivity index (χ2v) is 4.14. The molecule has 0 radical (unpaired) electrons. The SMILES string of the molecule is COc1ncc(C(C)(C)CN)cc1C. The molecule has 0 fully saturated rings. The van der Waals surface area contributed by atoms with Gasteiger partial charge in [-0.05, 0) is 18.6 Å². The minimum atomic E-state index is -0.0238. The first-order valence-corrected chi connectivity index (χ1v) is 4.72. The van der Waals surface area contributed by atoms with Gasteiger partial charge in [-0.2, -0.15) is 0 Å². The van der Waals surface area contributed by atoms with E-state index < -0.39 is 0 Å². The summed E-state index contributed by atoms with van der Waals surface area (Å²) in [6, 6.07) is 2.08. The summed E-state index contributed by atoms with van der Waals surface area (Å²) in [6.45, 7) is 6.81. The van der Waals surface area contributed by atoms with Gasteiger partial charge in [0.15, 0.2) is 0 Å². The molecule has 0 amide bonds. The molecule has 3 heteroatoms. The maximum absolute atomic E-state index is 5.70. The smallest absolute Gasteiger partial charge is 0.215 e. The Balaban J connectivity index is 3.08. The highest BCUT2D eigenvalue weighted by molar-refractivity contribution is 5.32. The Kier molecular flexibility index (Phi) is 3.11. The van der Waals surface area contributed by atoms with Gasteiger partial charge in [0, 0.05) is 23.7 Å². The van der Waals surface area contributed by atoms with Crippen molar-refractivity contribution < 1.29 is 4.74 Å². The standard InChI is InChI=1S/C11H18N2O/c1-8-5-9(11(2,3)7-12)6-13-10(8)14-4/h5-6H,7,12H2,1-4H3. The second kappa shape index (κ2) is 3.96. The third-order valence-electron chi connectivity index (χ3n) is 2.52. The van der Waals surface area contributed by atoms with Crippen molar-refractivity contribution in [3.05, 3.63) is 23.4 Å². The molecule has 3 nitrogen and oxygen atoms in total. The summed E-state index contributed by atoms with van der Waals surface area (Å²) < 4.78 is 5.10. The molecule has 0 saturated heterocycles. The zero-order chi connectivity index (χ0) is 10.8. The van der Waals surface area contributed by atoms with E-state index in [4.69, 9.17) is 10.5 Å². The monoisotopic (exact) mass is 194 g/mol. The molecule has 0 saturated carbocycles. The van der Waals surface area contributed by atoms with Gasteiger partial charge in [0.1, 0.15) is 0 Å². The Morgan fingerprint density at radius 1 is 1.50 bits per heavy atom. The van der Waals surface area contributed by atoms with Crippen molar-refractivity contribution in [3.8, 4) is 5.88 Å². The van der Waals surface area contributed by atoms with E-state index in [2.05, 4.69) is 24.9 Å². The Labute approximate surface area is 85.3 Å². The Hall–Kier alpha value is -1.09. The second-order valence-electron chi connectivity index (χ2n) is 4.14. The highest BCUT2D eigenvalue weighted by atomic mass is 16.5. The van der Waals surface area contributed by atoms with Crippen molar-refractivity contribution in [2.45, 2.75) is 26.2 Å². The van der Waals surface area contributed by atoms with Crippen molar-refractivity contribution in [1.29, 1.82) is 0 Å². The van der Waals surface area contributed by atoms with Gasteiger partial charge in [-0.3, -0.25) is 0 Å². The molecule has 2 N–H and O–H groups in total. The highest BCUT2D eigenvalue weighted by Crippen LogP contribution is 2.24. The maximum atomic E-state index is 5.70. The molecule has 78 valence electrons. The first-order valence-electron chi connectivity index (χ1n) is 4.72. The summed E-state index contributed by atoms with van der Waals surface area (Å²) in [6.07, 6.45) is 1.83. The van der Waals surface area contributed by atoms with Gasteiger partial charge in [0.05, 0.1) is 7.11 Å². The van der Waals surface area contributed by atoms with Gasteiger partial charge in [-0.15, -0.1) is 0 Å². The highest BCUT2D eigenvalue weighted by Gasteiger charge is 2.19. The third kappa shape index (κ3) is 2.04. The molecule has 1 rings (SSSR count). The molecule has 0 unspecified atom stereocenters. The van der Waals surface area contributed by atoms with E-state index in [1.807, 2.05) is 13.1 Å². The summed E-state index contributed by atoms with van der Waals surface area (Å²) in [5.74, 6) is 0.682. The lowest BCUT2D eigenvalue weighted by atomic mass is 9.85. The zero-order valence-electron chi connectivity index (χ0n) is 9.29. The van der Waals surface area contributed by atoms with Crippen LogP contribution in [0.1, 0.15) is 25.0 Å². The summed E-state index contributed by atoms with van der Waals surface area (Å²) in [4.78, 5) is 4.23. The summed E-state index contributed by atoms with van der Waals surface area (Å²) in [5, 5.41) is 0. The van der Waals surface area contributed by atoms with Gasteiger partial charge in [0.2, 0.25) is 5.88 Å². The molecule has 0 aliphatic carbocycles. The van der Waals surface area contributed by atoms with E-state index in [1.54, 1.807) is 7.11 Å². The molecule has 14 heavy (non-hydrogen) atoms. The van der Waals surface area contributed by atoms with Crippen LogP contribution in [0.25, 0.3) is 0 Å². The Morgan fingerprint density at radius 2 is 2.14 bits per heavy atom. The summed E-state index contributed by atoms with van der Waals surface area (Å²) >= 11 is 0. The van der Waals surface area contributed by atoms with Crippen molar-refractivity contribution in [1.82, 2.24) is 4.98 Å². The molecule has 1 aromatic heterocycles. The first kappa shape index (κ1) is 11.0. The molecule has 1 aromatic rings. The number of ether oxygens (including phenoxy) is 1. The van der Waals surface area contributed by atoms with E-state index in [9.17, 15) is 0 Å². The minimum absolute atomic E-state index is 0.0238. The quantitative estimate of drug-likeness (QED) is 0.795. The fraction of sp³-hybridized carbons (Fsp3) is 0.545. The van der Waals surface area contributed by atoms with Crippen LogP contribution in [0.5, 0.6) is 5.88 Å². The van der Waals surface area contributed by atoms with Crippen LogP contribution in [0.3, 0.4) is 0 Å². The van der Waals surface area contributed by atoms with Crippen LogP contribution < -0.4 is 10.5 Å². The van der Waals surface area contributed by atoms with Gasteiger partial charge in [-0.1, -0.05) is 13.8 Å². The molecule has 0 aliphatic rings. The molecule has 0 bridgehead atoms. The number of nitrogens with zero attached hydrogens (tertiary/aromatic N) is 1. The van der Waals surface area contributed by atoms with Crippen LogP contribution in [-0.4, -0.2) is 18.6 Å². The molecule has 0 aliphatic heterocycles. The van der Waals surface area contributed by atoms with Crippen LogP contribution in [0.4, 0.5) is 0 Å². The molecular formula is C11H18N2O. The lowest BCUT2D eigenvalue weighted by Gasteiger charge is -2.23. The number of hydrogen-bond acceptors (Lipinski definition) is 3. The Morgan fingerprint density at radius 3 is 2.57 bits per heavy atom.